The maximum Gasteiger partial charge on any atom is 0.124 e. The SMILES string of the molecule is COc1c(C)cc(N(C)CCCC(C)(C)N)cc1C. The lowest BCUT2D eigenvalue weighted by atomic mass is 10.00. The zero-order valence-electron chi connectivity index (χ0n) is 13.2. The van der Waals surface area contributed by atoms with Gasteiger partial charge in [0.15, 0.2) is 0 Å². The van der Waals surface area contributed by atoms with Crippen LogP contribution in [0.25, 0.3) is 0 Å². The van der Waals surface area contributed by atoms with Crippen molar-refractivity contribution < 1.29 is 4.74 Å². The van der Waals surface area contributed by atoms with Gasteiger partial charge in [0, 0.05) is 24.8 Å². The van der Waals surface area contributed by atoms with Gasteiger partial charge in [0.2, 0.25) is 0 Å². The molecule has 0 unspecified atom stereocenters. The zero-order valence-corrected chi connectivity index (χ0v) is 13.2. The van der Waals surface area contributed by atoms with E-state index in [4.69, 9.17) is 10.5 Å². The molecule has 0 fully saturated rings. The molecule has 0 saturated heterocycles. The lowest BCUT2D eigenvalue weighted by molar-refractivity contribution is 0.408. The van der Waals surface area contributed by atoms with E-state index in [-0.39, 0.29) is 5.54 Å². The topological polar surface area (TPSA) is 38.5 Å². The van der Waals surface area contributed by atoms with Crippen LogP contribution in [0.3, 0.4) is 0 Å². The van der Waals surface area contributed by atoms with Crippen molar-refractivity contribution in [2.75, 3.05) is 25.6 Å². The van der Waals surface area contributed by atoms with Crippen LogP contribution in [-0.4, -0.2) is 26.2 Å². The Morgan fingerprint density at radius 2 is 1.74 bits per heavy atom. The number of nitrogens with two attached hydrogens (primary N) is 1. The summed E-state index contributed by atoms with van der Waals surface area (Å²) < 4.78 is 5.40. The van der Waals surface area contributed by atoms with Gasteiger partial charge in [-0.05, 0) is 63.8 Å². The first kappa shape index (κ1) is 15.8. The van der Waals surface area contributed by atoms with E-state index < -0.39 is 0 Å². The van der Waals surface area contributed by atoms with Gasteiger partial charge in [0.25, 0.3) is 0 Å². The monoisotopic (exact) mass is 264 g/mol. The van der Waals surface area contributed by atoms with E-state index in [1.807, 2.05) is 0 Å². The molecule has 0 bridgehead atoms. The third-order valence-electron chi connectivity index (χ3n) is 3.40. The fraction of sp³-hybridized carbons (Fsp3) is 0.625. The number of benzene rings is 1. The first-order chi connectivity index (χ1) is 8.74. The molecule has 2 N–H and O–H groups in total. The van der Waals surface area contributed by atoms with Gasteiger partial charge >= 0.3 is 0 Å². The van der Waals surface area contributed by atoms with E-state index in [2.05, 4.69) is 51.8 Å². The van der Waals surface area contributed by atoms with Crippen molar-refractivity contribution >= 4 is 5.69 Å². The summed E-state index contributed by atoms with van der Waals surface area (Å²) in [5.41, 5.74) is 9.54. The maximum atomic E-state index is 6.01. The third-order valence-corrected chi connectivity index (χ3v) is 3.40. The summed E-state index contributed by atoms with van der Waals surface area (Å²) in [6, 6.07) is 4.36. The van der Waals surface area contributed by atoms with Gasteiger partial charge in [-0.2, -0.15) is 0 Å². The number of methoxy groups -OCH3 is 1. The molecule has 108 valence electrons. The summed E-state index contributed by atoms with van der Waals surface area (Å²) in [5, 5.41) is 0. The zero-order chi connectivity index (χ0) is 14.6. The normalized spacial score (nSPS) is 11.5. The molecule has 3 heteroatoms. The van der Waals surface area contributed by atoms with E-state index in [1.54, 1.807) is 7.11 Å². The van der Waals surface area contributed by atoms with Crippen molar-refractivity contribution in [3.05, 3.63) is 23.3 Å². The Hall–Kier alpha value is -1.22. The summed E-state index contributed by atoms with van der Waals surface area (Å²) in [7, 11) is 3.85. The van der Waals surface area contributed by atoms with E-state index in [0.29, 0.717) is 0 Å². The summed E-state index contributed by atoms with van der Waals surface area (Å²) in [5.74, 6) is 0.986. The highest BCUT2D eigenvalue weighted by Gasteiger charge is 2.12. The Labute approximate surface area is 117 Å². The van der Waals surface area contributed by atoms with E-state index >= 15 is 0 Å². The Morgan fingerprint density at radius 3 is 2.16 bits per heavy atom. The Kier molecular flexibility index (Phi) is 5.24. The predicted octanol–water partition coefficient (Wildman–Crippen LogP) is 3.27. The molecule has 0 amide bonds. The van der Waals surface area contributed by atoms with Crippen LogP contribution >= 0.6 is 0 Å². The van der Waals surface area contributed by atoms with Crippen molar-refractivity contribution in [3.8, 4) is 5.75 Å². The highest BCUT2D eigenvalue weighted by molar-refractivity contribution is 5.56. The molecule has 0 spiro atoms. The van der Waals surface area contributed by atoms with Crippen LogP contribution in [0.2, 0.25) is 0 Å². The fourth-order valence-corrected chi connectivity index (χ4v) is 2.37. The molecule has 1 aromatic carbocycles. The van der Waals surface area contributed by atoms with Crippen LogP contribution in [0.1, 0.15) is 37.8 Å². The molecule has 0 atom stereocenters. The molecular formula is C16H28N2O. The van der Waals surface area contributed by atoms with Gasteiger partial charge in [0.1, 0.15) is 5.75 Å². The van der Waals surface area contributed by atoms with E-state index in [1.165, 1.54) is 16.8 Å². The Bertz CT molecular complexity index is 398. The van der Waals surface area contributed by atoms with E-state index in [9.17, 15) is 0 Å². The number of aryl methyl sites for hydroxylation is 2. The van der Waals surface area contributed by atoms with Gasteiger partial charge < -0.3 is 15.4 Å². The second kappa shape index (κ2) is 6.29. The van der Waals surface area contributed by atoms with Crippen LogP contribution < -0.4 is 15.4 Å². The molecule has 0 aliphatic heterocycles. The minimum Gasteiger partial charge on any atom is -0.496 e. The Morgan fingerprint density at radius 1 is 1.21 bits per heavy atom. The molecule has 0 aromatic heterocycles. The van der Waals surface area contributed by atoms with Gasteiger partial charge in [-0.1, -0.05) is 0 Å². The van der Waals surface area contributed by atoms with Crippen LogP contribution in [0.5, 0.6) is 5.75 Å². The van der Waals surface area contributed by atoms with Crippen molar-refractivity contribution in [2.24, 2.45) is 5.73 Å². The maximum absolute atomic E-state index is 6.01. The first-order valence-electron chi connectivity index (χ1n) is 6.90. The largest absolute Gasteiger partial charge is 0.496 e. The van der Waals surface area contributed by atoms with Crippen LogP contribution in [0.4, 0.5) is 5.69 Å². The summed E-state index contributed by atoms with van der Waals surface area (Å²) in [6.45, 7) is 9.35. The standard InChI is InChI=1S/C16H28N2O/c1-12-10-14(11-13(2)15(12)19-6)18(5)9-7-8-16(3,4)17/h10-11H,7-9,17H2,1-6H3. The summed E-state index contributed by atoms with van der Waals surface area (Å²) in [6.07, 6.45) is 2.13. The molecule has 0 saturated carbocycles. The Balaban J connectivity index is 2.70. The number of rotatable bonds is 6. The fourth-order valence-electron chi connectivity index (χ4n) is 2.37. The van der Waals surface area contributed by atoms with Gasteiger partial charge in [0.05, 0.1) is 7.11 Å². The number of hydrogen-bond donors (Lipinski definition) is 1. The number of hydrogen-bond acceptors (Lipinski definition) is 3. The molecule has 1 rings (SSSR count). The molecule has 19 heavy (non-hydrogen) atoms. The predicted molar refractivity (Wildman–Crippen MR) is 83.2 cm³/mol. The molecule has 0 aliphatic rings. The summed E-state index contributed by atoms with van der Waals surface area (Å²) >= 11 is 0. The van der Waals surface area contributed by atoms with Crippen molar-refractivity contribution in [1.82, 2.24) is 0 Å². The van der Waals surface area contributed by atoms with Crippen molar-refractivity contribution in [1.29, 1.82) is 0 Å². The molecule has 0 heterocycles. The number of anilines is 1. The van der Waals surface area contributed by atoms with Crippen molar-refractivity contribution in [2.45, 2.75) is 46.1 Å². The molecule has 1 aromatic rings. The van der Waals surface area contributed by atoms with Crippen LogP contribution in [0.15, 0.2) is 12.1 Å². The average molecular weight is 264 g/mol. The van der Waals surface area contributed by atoms with Crippen molar-refractivity contribution in [3.63, 3.8) is 0 Å². The molecule has 0 radical (unpaired) electrons. The number of ether oxygens (including phenoxy) is 1. The smallest absolute Gasteiger partial charge is 0.124 e. The third kappa shape index (κ3) is 4.75. The van der Waals surface area contributed by atoms with E-state index in [0.717, 1.165) is 25.1 Å². The average Bonchev–Trinajstić information content (AvgIpc) is 2.26. The highest BCUT2D eigenvalue weighted by Crippen LogP contribution is 2.28. The highest BCUT2D eigenvalue weighted by atomic mass is 16.5. The lowest BCUT2D eigenvalue weighted by Gasteiger charge is -2.24. The number of nitrogens with zero attached hydrogens (tertiary/aromatic N) is 1. The quantitative estimate of drug-likeness (QED) is 0.857. The summed E-state index contributed by atoms with van der Waals surface area (Å²) in [4.78, 5) is 2.28. The second-order valence-electron chi connectivity index (χ2n) is 6.13. The second-order valence-corrected chi connectivity index (χ2v) is 6.13. The molecule has 3 nitrogen and oxygen atoms in total. The van der Waals surface area contributed by atoms with Gasteiger partial charge in [-0.25, -0.2) is 0 Å². The van der Waals surface area contributed by atoms with Gasteiger partial charge in [-0.3, -0.25) is 0 Å². The molecule has 0 aliphatic carbocycles. The van der Waals surface area contributed by atoms with Gasteiger partial charge in [-0.15, -0.1) is 0 Å². The lowest BCUT2D eigenvalue weighted by Crippen LogP contribution is -2.33. The minimum absolute atomic E-state index is 0.0768. The molecular weight excluding hydrogens is 236 g/mol. The van der Waals surface area contributed by atoms with Crippen LogP contribution in [-0.2, 0) is 0 Å². The minimum atomic E-state index is -0.0768. The first-order valence-corrected chi connectivity index (χ1v) is 6.90. The van der Waals surface area contributed by atoms with Crippen LogP contribution in [0, 0.1) is 13.8 Å².